The summed E-state index contributed by atoms with van der Waals surface area (Å²) in [4.78, 5) is 0. The van der Waals surface area contributed by atoms with Gasteiger partial charge in [-0.15, -0.1) is 0 Å². The van der Waals surface area contributed by atoms with Crippen LogP contribution in [0, 0.1) is 6.92 Å². The molecule has 0 spiro atoms. The molecule has 0 fully saturated rings. The van der Waals surface area contributed by atoms with E-state index < -0.39 is 11.7 Å². The van der Waals surface area contributed by atoms with Gasteiger partial charge < -0.3 is 4.74 Å². The van der Waals surface area contributed by atoms with Crippen molar-refractivity contribution in [3.05, 3.63) is 53.5 Å². The first kappa shape index (κ1) is 15.2. The average molecular weight is 296 g/mol. The number of methoxy groups -OCH3 is 1. The van der Waals surface area contributed by atoms with Gasteiger partial charge in [0.15, 0.2) is 0 Å². The second kappa shape index (κ2) is 5.63. The molecule has 0 aliphatic rings. The van der Waals surface area contributed by atoms with Crippen LogP contribution in [0.4, 0.5) is 13.2 Å². The van der Waals surface area contributed by atoms with Crippen molar-refractivity contribution < 1.29 is 17.9 Å². The first-order valence-corrected chi connectivity index (χ1v) is 6.27. The third-order valence-electron chi connectivity index (χ3n) is 3.08. The largest absolute Gasteiger partial charge is 0.504 e. The van der Waals surface area contributed by atoms with Crippen molar-refractivity contribution in [2.45, 2.75) is 20.0 Å². The third-order valence-corrected chi connectivity index (χ3v) is 3.08. The topological polar surface area (TPSA) is 27.1 Å². The molecule has 6 heteroatoms. The second-order valence-electron chi connectivity index (χ2n) is 4.65. The molecule has 2 aromatic rings. The number of halogens is 3. The number of alkyl halides is 3. The molecule has 1 heterocycles. The van der Waals surface area contributed by atoms with Crippen molar-refractivity contribution in [3.8, 4) is 5.69 Å². The number of allylic oxidation sites excluding steroid dienone is 1. The lowest BCUT2D eigenvalue weighted by Crippen LogP contribution is -2.05. The van der Waals surface area contributed by atoms with Crippen LogP contribution in [0.25, 0.3) is 11.3 Å². The smallest absolute Gasteiger partial charge is 0.416 e. The van der Waals surface area contributed by atoms with Crippen LogP contribution in [0.15, 0.2) is 36.7 Å². The van der Waals surface area contributed by atoms with Gasteiger partial charge in [-0.3, -0.25) is 0 Å². The van der Waals surface area contributed by atoms with Crippen LogP contribution in [0.2, 0.25) is 0 Å². The van der Waals surface area contributed by atoms with E-state index in [0.717, 1.165) is 29.0 Å². The van der Waals surface area contributed by atoms with E-state index in [9.17, 15) is 13.2 Å². The average Bonchev–Trinajstić information content (AvgIpc) is 2.80. The van der Waals surface area contributed by atoms with Gasteiger partial charge in [-0.25, -0.2) is 4.68 Å². The fourth-order valence-electron chi connectivity index (χ4n) is 2.02. The summed E-state index contributed by atoms with van der Waals surface area (Å²) in [6.07, 6.45) is -0.967. The van der Waals surface area contributed by atoms with E-state index in [2.05, 4.69) is 5.10 Å². The fourth-order valence-corrected chi connectivity index (χ4v) is 2.02. The number of hydrogen-bond donors (Lipinski definition) is 0. The van der Waals surface area contributed by atoms with Gasteiger partial charge in [-0.1, -0.05) is 0 Å². The highest BCUT2D eigenvalue weighted by molar-refractivity contribution is 5.64. The van der Waals surface area contributed by atoms with E-state index >= 15 is 0 Å². The Morgan fingerprint density at radius 3 is 2.38 bits per heavy atom. The molecule has 0 atom stereocenters. The van der Waals surface area contributed by atoms with E-state index in [-0.39, 0.29) is 0 Å². The first-order valence-electron chi connectivity index (χ1n) is 6.27. The maximum atomic E-state index is 12.5. The van der Waals surface area contributed by atoms with E-state index in [4.69, 9.17) is 4.74 Å². The lowest BCUT2D eigenvalue weighted by atomic mass is 10.1. The van der Waals surface area contributed by atoms with Crippen molar-refractivity contribution in [2.24, 2.45) is 0 Å². The summed E-state index contributed by atoms with van der Waals surface area (Å²) in [5, 5.41) is 4.32. The van der Waals surface area contributed by atoms with Crippen molar-refractivity contribution in [3.63, 3.8) is 0 Å². The van der Waals surface area contributed by atoms with Gasteiger partial charge in [0.1, 0.15) is 0 Å². The van der Waals surface area contributed by atoms with Crippen LogP contribution < -0.4 is 0 Å². The molecular formula is C15H15F3N2O. The number of hydrogen-bond acceptors (Lipinski definition) is 2. The van der Waals surface area contributed by atoms with E-state index in [0.29, 0.717) is 5.69 Å². The van der Waals surface area contributed by atoms with Crippen LogP contribution in [0.5, 0.6) is 0 Å². The summed E-state index contributed by atoms with van der Waals surface area (Å²) in [6.45, 7) is 3.72. The minimum atomic E-state index is -4.33. The van der Waals surface area contributed by atoms with Gasteiger partial charge in [-0.2, -0.15) is 18.3 Å². The Morgan fingerprint density at radius 2 is 1.86 bits per heavy atom. The Hall–Kier alpha value is -2.24. The minimum absolute atomic E-state index is 0.572. The predicted octanol–water partition coefficient (Wildman–Crippen LogP) is 4.21. The highest BCUT2D eigenvalue weighted by Crippen LogP contribution is 2.29. The minimum Gasteiger partial charge on any atom is -0.504 e. The molecule has 0 radical (unpaired) electrons. The van der Waals surface area contributed by atoms with Crippen LogP contribution in [0.1, 0.15) is 23.7 Å². The van der Waals surface area contributed by atoms with Gasteiger partial charge in [-0.05, 0) is 43.7 Å². The molecule has 112 valence electrons. The van der Waals surface area contributed by atoms with Crippen molar-refractivity contribution in [1.82, 2.24) is 9.78 Å². The predicted molar refractivity (Wildman–Crippen MR) is 74.0 cm³/mol. The number of aromatic nitrogens is 2. The SMILES string of the molecule is CO/C=C(\C)c1cn(-c2ccc(C(F)(F)F)cc2)nc1C. The van der Waals surface area contributed by atoms with Crippen molar-refractivity contribution in [1.29, 1.82) is 0 Å². The summed E-state index contributed by atoms with van der Waals surface area (Å²) < 4.78 is 44.1. The van der Waals surface area contributed by atoms with E-state index in [1.54, 1.807) is 24.3 Å². The lowest BCUT2D eigenvalue weighted by Gasteiger charge is -2.07. The van der Waals surface area contributed by atoms with Crippen LogP contribution in [0.3, 0.4) is 0 Å². The first-order chi connectivity index (χ1) is 9.82. The number of benzene rings is 1. The Labute approximate surface area is 120 Å². The molecule has 0 amide bonds. The molecule has 3 nitrogen and oxygen atoms in total. The number of nitrogens with zero attached hydrogens (tertiary/aromatic N) is 2. The standard InChI is InChI=1S/C15H15F3N2O/c1-10(9-21-3)14-8-20(19-11(14)2)13-6-4-12(5-7-13)15(16,17)18/h4-9H,1-3H3/b10-9+. The monoisotopic (exact) mass is 296 g/mol. The van der Waals surface area contributed by atoms with E-state index in [1.807, 2.05) is 13.8 Å². The molecule has 0 saturated carbocycles. The summed E-state index contributed by atoms with van der Waals surface area (Å²) in [5.74, 6) is 0. The molecule has 21 heavy (non-hydrogen) atoms. The van der Waals surface area contributed by atoms with Crippen LogP contribution in [-0.4, -0.2) is 16.9 Å². The fraction of sp³-hybridized carbons (Fsp3) is 0.267. The quantitative estimate of drug-likeness (QED) is 0.793. The summed E-state index contributed by atoms with van der Waals surface area (Å²) in [5.41, 5.74) is 2.46. The molecule has 0 aliphatic heterocycles. The molecule has 0 aliphatic carbocycles. The van der Waals surface area contributed by atoms with Gasteiger partial charge in [0.2, 0.25) is 0 Å². The molecule has 0 saturated heterocycles. The van der Waals surface area contributed by atoms with Gasteiger partial charge in [0.25, 0.3) is 0 Å². The summed E-state index contributed by atoms with van der Waals surface area (Å²) in [7, 11) is 1.55. The molecule has 0 bridgehead atoms. The zero-order chi connectivity index (χ0) is 15.6. The van der Waals surface area contributed by atoms with Crippen molar-refractivity contribution in [2.75, 3.05) is 7.11 Å². The zero-order valence-corrected chi connectivity index (χ0v) is 11.9. The Morgan fingerprint density at radius 1 is 1.24 bits per heavy atom. The highest BCUT2D eigenvalue weighted by atomic mass is 19.4. The molecule has 1 aromatic carbocycles. The Bertz CT molecular complexity index is 655. The number of ether oxygens (including phenoxy) is 1. The van der Waals surface area contributed by atoms with E-state index in [1.165, 1.54) is 12.1 Å². The van der Waals surface area contributed by atoms with Gasteiger partial charge >= 0.3 is 6.18 Å². The summed E-state index contributed by atoms with van der Waals surface area (Å²) in [6, 6.07) is 4.89. The van der Waals surface area contributed by atoms with Crippen LogP contribution >= 0.6 is 0 Å². The number of aryl methyl sites for hydroxylation is 1. The molecule has 0 N–H and O–H groups in total. The molecule has 0 unspecified atom stereocenters. The molecular weight excluding hydrogens is 281 g/mol. The van der Waals surface area contributed by atoms with Gasteiger partial charge in [0.05, 0.1) is 30.3 Å². The van der Waals surface area contributed by atoms with Crippen LogP contribution in [-0.2, 0) is 10.9 Å². The Kier molecular flexibility index (Phi) is 4.06. The zero-order valence-electron chi connectivity index (χ0n) is 11.9. The Balaban J connectivity index is 2.35. The molecule has 1 aromatic heterocycles. The summed E-state index contributed by atoms with van der Waals surface area (Å²) >= 11 is 0. The number of rotatable bonds is 3. The maximum Gasteiger partial charge on any atom is 0.416 e. The normalized spacial score (nSPS) is 12.6. The van der Waals surface area contributed by atoms with Gasteiger partial charge in [0, 0.05) is 11.8 Å². The van der Waals surface area contributed by atoms with Crippen molar-refractivity contribution >= 4 is 5.57 Å². The third kappa shape index (κ3) is 3.26. The molecule has 2 rings (SSSR count). The lowest BCUT2D eigenvalue weighted by molar-refractivity contribution is -0.137. The second-order valence-corrected chi connectivity index (χ2v) is 4.65. The maximum absolute atomic E-state index is 12.5. The highest BCUT2D eigenvalue weighted by Gasteiger charge is 2.30.